The Labute approximate surface area is 147 Å². The summed E-state index contributed by atoms with van der Waals surface area (Å²) in [5, 5.41) is 0. The first-order valence-corrected chi connectivity index (χ1v) is 9.87. The second kappa shape index (κ2) is 9.47. The fourth-order valence-corrected chi connectivity index (χ4v) is 4.32. The monoisotopic (exact) mass is 331 g/mol. The predicted molar refractivity (Wildman–Crippen MR) is 97.0 cm³/mol. The van der Waals surface area contributed by atoms with Crippen molar-refractivity contribution in [2.24, 2.45) is 5.92 Å². The summed E-state index contributed by atoms with van der Waals surface area (Å²) >= 11 is 0. The van der Waals surface area contributed by atoms with Crippen molar-refractivity contribution < 1.29 is 4.74 Å². The molecule has 1 aliphatic carbocycles. The fraction of sp³-hybridized carbons (Fsp3) is 0.800. The summed E-state index contributed by atoms with van der Waals surface area (Å²) in [6.07, 6.45) is 15.9. The van der Waals surface area contributed by atoms with Gasteiger partial charge in [-0.3, -0.25) is 4.90 Å². The molecule has 1 aliphatic heterocycles. The molecule has 0 bridgehead atoms. The van der Waals surface area contributed by atoms with E-state index >= 15 is 0 Å². The van der Waals surface area contributed by atoms with E-state index in [1.54, 1.807) is 7.11 Å². The van der Waals surface area contributed by atoms with Gasteiger partial charge in [-0.25, -0.2) is 9.97 Å². The molecule has 1 aromatic rings. The Morgan fingerprint density at radius 1 is 1.08 bits per heavy atom. The topological polar surface area (TPSA) is 38.2 Å². The van der Waals surface area contributed by atoms with Crippen molar-refractivity contribution in [3.8, 4) is 0 Å². The first kappa shape index (κ1) is 17.8. The van der Waals surface area contributed by atoms with Crippen molar-refractivity contribution in [1.29, 1.82) is 0 Å². The Morgan fingerprint density at radius 2 is 1.88 bits per heavy atom. The summed E-state index contributed by atoms with van der Waals surface area (Å²) in [6, 6.07) is 0. The van der Waals surface area contributed by atoms with E-state index in [0.717, 1.165) is 24.9 Å². The van der Waals surface area contributed by atoms with Gasteiger partial charge in [-0.05, 0) is 51.0 Å². The maximum atomic E-state index is 5.19. The molecule has 1 aromatic heterocycles. The minimum Gasteiger partial charge on any atom is -0.385 e. The second-order valence-electron chi connectivity index (χ2n) is 7.66. The second-order valence-corrected chi connectivity index (χ2v) is 7.66. The molecule has 0 spiro atoms. The molecule has 2 aliphatic rings. The maximum Gasteiger partial charge on any atom is 0.131 e. The van der Waals surface area contributed by atoms with Crippen LogP contribution in [0.1, 0.15) is 75.1 Å². The minimum absolute atomic E-state index is 0.605. The lowest BCUT2D eigenvalue weighted by Gasteiger charge is -2.32. The zero-order valence-corrected chi connectivity index (χ0v) is 15.3. The van der Waals surface area contributed by atoms with Crippen LogP contribution in [0.15, 0.2) is 12.4 Å². The summed E-state index contributed by atoms with van der Waals surface area (Å²) in [5.74, 6) is 2.51. The molecule has 0 aromatic carbocycles. The van der Waals surface area contributed by atoms with Gasteiger partial charge in [0.05, 0.1) is 0 Å². The highest BCUT2D eigenvalue weighted by molar-refractivity contribution is 5.08. The van der Waals surface area contributed by atoms with Gasteiger partial charge in [0, 0.05) is 50.7 Å². The number of ether oxygens (including phenoxy) is 1. The first-order valence-electron chi connectivity index (χ1n) is 9.87. The number of hydrogen-bond acceptors (Lipinski definition) is 4. The quantitative estimate of drug-likeness (QED) is 0.703. The lowest BCUT2D eigenvalue weighted by Crippen LogP contribution is -2.35. The van der Waals surface area contributed by atoms with Crippen molar-refractivity contribution in [3.63, 3.8) is 0 Å². The van der Waals surface area contributed by atoms with Gasteiger partial charge < -0.3 is 4.74 Å². The average Bonchev–Trinajstić information content (AvgIpc) is 2.64. The zero-order chi connectivity index (χ0) is 16.6. The molecule has 0 radical (unpaired) electrons. The average molecular weight is 332 g/mol. The first-order chi connectivity index (χ1) is 11.8. The van der Waals surface area contributed by atoms with E-state index in [0.29, 0.717) is 5.92 Å². The molecule has 0 N–H and O–H groups in total. The number of hydrogen-bond donors (Lipinski definition) is 0. The summed E-state index contributed by atoms with van der Waals surface area (Å²) in [6.45, 7) is 4.33. The molecule has 2 heterocycles. The molecule has 1 unspecified atom stereocenters. The van der Waals surface area contributed by atoms with Crippen molar-refractivity contribution in [2.75, 3.05) is 26.8 Å². The van der Waals surface area contributed by atoms with Gasteiger partial charge in [0.25, 0.3) is 0 Å². The van der Waals surface area contributed by atoms with Crippen LogP contribution in [0.5, 0.6) is 0 Å². The van der Waals surface area contributed by atoms with Gasteiger partial charge in [-0.15, -0.1) is 0 Å². The van der Waals surface area contributed by atoms with E-state index in [4.69, 9.17) is 14.7 Å². The number of nitrogens with zero attached hydrogens (tertiary/aromatic N) is 3. The van der Waals surface area contributed by atoms with Gasteiger partial charge in [-0.1, -0.05) is 19.3 Å². The third-order valence-corrected chi connectivity index (χ3v) is 5.67. The third-order valence-electron chi connectivity index (χ3n) is 5.67. The van der Waals surface area contributed by atoms with Crippen LogP contribution >= 0.6 is 0 Å². The van der Waals surface area contributed by atoms with Gasteiger partial charge in [0.1, 0.15) is 5.82 Å². The number of methoxy groups -OCH3 is 1. The van der Waals surface area contributed by atoms with Crippen LogP contribution < -0.4 is 0 Å². The Bertz CT molecular complexity index is 470. The normalized spacial score (nSPS) is 23.5. The molecular formula is C20H33N3O. The molecule has 3 rings (SSSR count). The molecule has 0 amide bonds. The third kappa shape index (κ3) is 5.25. The predicted octanol–water partition coefficient (Wildman–Crippen LogP) is 4.16. The van der Waals surface area contributed by atoms with Crippen molar-refractivity contribution >= 4 is 0 Å². The Balaban J connectivity index is 1.48. The van der Waals surface area contributed by atoms with Crippen molar-refractivity contribution in [2.45, 2.75) is 70.3 Å². The SMILES string of the molecule is COCCCC1CCCN(Cc2cnc(C3CCCCC3)nc2)C1. The molecule has 24 heavy (non-hydrogen) atoms. The highest BCUT2D eigenvalue weighted by Crippen LogP contribution is 2.30. The van der Waals surface area contributed by atoms with Crippen LogP contribution in [0.4, 0.5) is 0 Å². The van der Waals surface area contributed by atoms with E-state index < -0.39 is 0 Å². The van der Waals surface area contributed by atoms with Crippen LogP contribution in [0.25, 0.3) is 0 Å². The molecular weight excluding hydrogens is 298 g/mol. The lowest BCUT2D eigenvalue weighted by atomic mass is 9.89. The summed E-state index contributed by atoms with van der Waals surface area (Å²) < 4.78 is 5.19. The van der Waals surface area contributed by atoms with Crippen LogP contribution in [0.3, 0.4) is 0 Å². The van der Waals surface area contributed by atoms with Crippen molar-refractivity contribution in [3.05, 3.63) is 23.8 Å². The number of aromatic nitrogens is 2. The molecule has 134 valence electrons. The number of piperidine rings is 1. The van der Waals surface area contributed by atoms with Crippen LogP contribution in [-0.2, 0) is 11.3 Å². The number of rotatable bonds is 7. The maximum absolute atomic E-state index is 5.19. The van der Waals surface area contributed by atoms with Crippen LogP contribution in [0.2, 0.25) is 0 Å². The minimum atomic E-state index is 0.605. The van der Waals surface area contributed by atoms with E-state index in [9.17, 15) is 0 Å². The van der Waals surface area contributed by atoms with Gasteiger partial charge in [0.2, 0.25) is 0 Å². The molecule has 1 atom stereocenters. The van der Waals surface area contributed by atoms with Gasteiger partial charge >= 0.3 is 0 Å². The molecule has 2 fully saturated rings. The van der Waals surface area contributed by atoms with Gasteiger partial charge in [-0.2, -0.15) is 0 Å². The Kier molecular flexibility index (Phi) is 7.03. The van der Waals surface area contributed by atoms with Crippen LogP contribution in [-0.4, -0.2) is 41.7 Å². The van der Waals surface area contributed by atoms with E-state index in [1.807, 2.05) is 0 Å². The smallest absolute Gasteiger partial charge is 0.131 e. The lowest BCUT2D eigenvalue weighted by molar-refractivity contribution is 0.142. The van der Waals surface area contributed by atoms with Crippen molar-refractivity contribution in [1.82, 2.24) is 14.9 Å². The Morgan fingerprint density at radius 3 is 2.62 bits per heavy atom. The molecule has 4 nitrogen and oxygen atoms in total. The van der Waals surface area contributed by atoms with Gasteiger partial charge in [0.15, 0.2) is 0 Å². The molecule has 1 saturated carbocycles. The highest BCUT2D eigenvalue weighted by Gasteiger charge is 2.21. The van der Waals surface area contributed by atoms with E-state index in [1.165, 1.54) is 76.4 Å². The standard InChI is InChI=1S/C20H33N3O/c1-24-12-6-8-17-7-5-11-23(15-17)16-18-13-21-20(22-14-18)19-9-3-2-4-10-19/h13-14,17,19H,2-12,15-16H2,1H3. The summed E-state index contributed by atoms with van der Waals surface area (Å²) in [7, 11) is 1.80. The largest absolute Gasteiger partial charge is 0.385 e. The van der Waals surface area contributed by atoms with E-state index in [2.05, 4.69) is 17.3 Å². The zero-order valence-electron chi connectivity index (χ0n) is 15.3. The number of likely N-dealkylation sites (tertiary alicyclic amines) is 1. The van der Waals surface area contributed by atoms with E-state index in [-0.39, 0.29) is 0 Å². The fourth-order valence-electron chi connectivity index (χ4n) is 4.32. The Hall–Kier alpha value is -1.00. The highest BCUT2D eigenvalue weighted by atomic mass is 16.5. The summed E-state index contributed by atoms with van der Waals surface area (Å²) in [4.78, 5) is 12.0. The summed E-state index contributed by atoms with van der Waals surface area (Å²) in [5.41, 5.74) is 1.27. The molecule has 1 saturated heterocycles. The van der Waals surface area contributed by atoms with Crippen LogP contribution in [0, 0.1) is 5.92 Å². The molecule has 4 heteroatoms.